The zero-order valence-corrected chi connectivity index (χ0v) is 22.9. The Hall–Kier alpha value is -0.995. The maximum absolute atomic E-state index is 11.8. The van der Waals surface area contributed by atoms with Gasteiger partial charge < -0.3 is 44.9 Å². The summed E-state index contributed by atoms with van der Waals surface area (Å²) in [6, 6.07) is -4.00. The van der Waals surface area contributed by atoms with Crippen molar-refractivity contribution in [3.63, 3.8) is 0 Å². The van der Waals surface area contributed by atoms with Gasteiger partial charge in [-0.15, -0.1) is 0 Å². The van der Waals surface area contributed by atoms with E-state index in [4.69, 9.17) is 0 Å². The van der Waals surface area contributed by atoms with Crippen molar-refractivity contribution < 1.29 is 79.5 Å². The number of carbonyl (C=O) groups excluding carboxylic acids is 4. The molecule has 0 amide bonds. The minimum atomic E-state index is -1.31. The zero-order valence-electron chi connectivity index (χ0n) is 20.6. The van der Waals surface area contributed by atoms with Gasteiger partial charge in [0.1, 0.15) is 0 Å². The smallest absolute Gasteiger partial charge is 0.548 e. The summed E-state index contributed by atoms with van der Waals surface area (Å²) < 4.78 is 0. The molecule has 1 aliphatic heterocycles. The van der Waals surface area contributed by atoms with E-state index in [0.29, 0.717) is 0 Å². The maximum atomic E-state index is 11.8. The van der Waals surface area contributed by atoms with Gasteiger partial charge in [-0.05, 0) is 27.8 Å². The molecule has 1 aliphatic rings. The fourth-order valence-corrected chi connectivity index (χ4v) is 3.95. The van der Waals surface area contributed by atoms with Crippen LogP contribution in [0.5, 0.6) is 0 Å². The summed E-state index contributed by atoms with van der Waals surface area (Å²) >= 11 is 0. The monoisotopic (exact) mass is 643 g/mol. The first-order valence-electron chi connectivity index (χ1n) is 11.3. The average Bonchev–Trinajstić information content (AvgIpc) is 2.76. The fourth-order valence-electron chi connectivity index (χ4n) is 3.95. The van der Waals surface area contributed by atoms with Gasteiger partial charge in [0.2, 0.25) is 0 Å². The topological polar surface area (TPSA) is 186 Å². The van der Waals surface area contributed by atoms with E-state index in [-0.39, 0.29) is 98.8 Å². The van der Waals surface area contributed by atoms with Crippen molar-refractivity contribution in [2.45, 2.75) is 44.9 Å². The number of nitrogens with one attached hydrogen (secondary N) is 1. The summed E-state index contributed by atoms with van der Waals surface area (Å²) in [6.45, 7) is 5.71. The van der Waals surface area contributed by atoms with Crippen LogP contribution in [-0.4, -0.2) is 134 Å². The van der Waals surface area contributed by atoms with Crippen molar-refractivity contribution >= 4 is 23.9 Å². The number of nitrogens with zero attached hydrogens (tertiary/aromatic N) is 4. The molecule has 1 saturated heterocycles. The van der Waals surface area contributed by atoms with Gasteiger partial charge in [0.15, 0.2) is 0 Å². The van der Waals surface area contributed by atoms with Crippen LogP contribution in [0.2, 0.25) is 0 Å². The Balaban J connectivity index is 0.0000116. The van der Waals surface area contributed by atoms with Gasteiger partial charge >= 0.3 is 39.9 Å². The van der Waals surface area contributed by atoms with Crippen LogP contribution < -0.4 is 25.7 Å². The summed E-state index contributed by atoms with van der Waals surface area (Å²) in [5, 5.41) is 49.2. The van der Waals surface area contributed by atoms with Crippen LogP contribution >= 0.6 is 0 Å². The Kier molecular flexibility index (Phi) is 16.2. The van der Waals surface area contributed by atoms with Crippen LogP contribution in [0.1, 0.15) is 20.8 Å². The molecule has 1 N–H and O–H groups in total. The summed E-state index contributed by atoms with van der Waals surface area (Å²) in [6.07, 6.45) is 0. The molecule has 14 heteroatoms. The van der Waals surface area contributed by atoms with Crippen LogP contribution in [0.3, 0.4) is 0 Å². The summed E-state index contributed by atoms with van der Waals surface area (Å²) in [5.74, 6) is -5.23. The zero-order chi connectivity index (χ0) is 26.0. The van der Waals surface area contributed by atoms with Crippen molar-refractivity contribution in [1.29, 1.82) is 0 Å². The van der Waals surface area contributed by atoms with Gasteiger partial charge in [0.25, 0.3) is 0 Å². The second kappa shape index (κ2) is 16.7. The second-order valence-electron chi connectivity index (χ2n) is 8.52. The summed E-state index contributed by atoms with van der Waals surface area (Å²) in [4.78, 5) is 52.8. The van der Waals surface area contributed by atoms with E-state index in [1.165, 1.54) is 20.8 Å². The molecule has 1 fully saturated rings. The average molecular weight is 643 g/mol. The third-order valence-electron chi connectivity index (χ3n) is 6.47. The molecule has 4 unspecified atom stereocenters. The summed E-state index contributed by atoms with van der Waals surface area (Å²) in [5.41, 5.74) is 0. The quantitative estimate of drug-likeness (QED) is 0.237. The van der Waals surface area contributed by atoms with Gasteiger partial charge in [-0.1, -0.05) is 0 Å². The number of likely N-dealkylation sites (N-methyl/N-ethyl adjacent to an activating group) is 1. The van der Waals surface area contributed by atoms with Crippen LogP contribution in [0, 0.1) is 39.9 Å². The molecular formula is C21H35GdN5O8-. The Labute approximate surface area is 238 Å². The van der Waals surface area contributed by atoms with Crippen molar-refractivity contribution in [3.05, 3.63) is 0 Å². The van der Waals surface area contributed by atoms with Gasteiger partial charge in [-0.2, -0.15) is 0 Å². The molecular weight excluding hydrogens is 608 g/mol. The van der Waals surface area contributed by atoms with E-state index >= 15 is 0 Å². The van der Waals surface area contributed by atoms with Crippen LogP contribution in [-0.2, 0) is 19.2 Å². The van der Waals surface area contributed by atoms with Gasteiger partial charge in [-0.25, -0.2) is 0 Å². The first-order valence-corrected chi connectivity index (χ1v) is 11.3. The predicted octanol–water partition coefficient (Wildman–Crippen LogP) is -7.04. The molecule has 0 aromatic carbocycles. The third-order valence-corrected chi connectivity index (χ3v) is 6.47. The first-order chi connectivity index (χ1) is 15.9. The molecule has 0 bridgehead atoms. The number of carboxylic acid groups (broad SMARTS) is 4. The molecule has 1 radical (unpaired) electrons. The predicted molar refractivity (Wildman–Crippen MR) is 112 cm³/mol. The third kappa shape index (κ3) is 10.9. The number of aliphatic carboxylic acids is 4. The summed E-state index contributed by atoms with van der Waals surface area (Å²) in [7, 11) is 1.59. The van der Waals surface area contributed by atoms with Crippen LogP contribution in [0.4, 0.5) is 0 Å². The maximum Gasteiger partial charge on any atom is 3.00 e. The van der Waals surface area contributed by atoms with E-state index in [1.807, 2.05) is 0 Å². The van der Waals surface area contributed by atoms with Crippen LogP contribution in [0.25, 0.3) is 0 Å². The number of rotatable bonds is 10. The van der Waals surface area contributed by atoms with E-state index in [0.717, 1.165) is 0 Å². The molecule has 35 heavy (non-hydrogen) atoms. The molecule has 0 aromatic rings. The molecule has 0 aliphatic carbocycles. The van der Waals surface area contributed by atoms with Gasteiger partial charge in [0.05, 0.1) is 29.9 Å². The number of hydrogen-bond acceptors (Lipinski definition) is 13. The van der Waals surface area contributed by atoms with Crippen molar-refractivity contribution in [2.75, 3.05) is 66.0 Å². The fraction of sp³-hybridized carbons (Fsp3) is 0.810. The van der Waals surface area contributed by atoms with E-state index in [2.05, 4.69) is 5.32 Å². The standard InChI is InChI=1S/C21H39N5O8.Gd/c1-14(18(27)28)23-5-7-24(15(2)19(29)30)9-11-26(17(13-22-4)21(33)34)12-10-25(8-6-23)16(3)20(31)32;/h14-17,22H,5-13H2,1-4H3,(H,27,28)(H,29,30)(H,31,32)(H,33,34);/q;+3/p-4. The Morgan fingerprint density at radius 3 is 1.06 bits per heavy atom. The molecule has 0 spiro atoms. The first kappa shape index (κ1) is 34.0. The molecule has 13 nitrogen and oxygen atoms in total. The van der Waals surface area contributed by atoms with Crippen LogP contribution in [0.15, 0.2) is 0 Å². The minimum absolute atomic E-state index is 0. The van der Waals surface area contributed by atoms with E-state index in [1.54, 1.807) is 26.6 Å². The number of carbonyl (C=O) groups is 4. The number of hydrogen-bond donors (Lipinski definition) is 1. The molecule has 1 heterocycles. The van der Waals surface area contributed by atoms with Crippen molar-refractivity contribution in [1.82, 2.24) is 24.9 Å². The van der Waals surface area contributed by atoms with Crippen molar-refractivity contribution in [3.8, 4) is 0 Å². The molecule has 1 rings (SSSR count). The second-order valence-corrected chi connectivity index (χ2v) is 8.52. The molecule has 201 valence electrons. The Bertz CT molecular complexity index is 679. The Morgan fingerprint density at radius 1 is 0.600 bits per heavy atom. The normalized spacial score (nSPS) is 21.4. The SMILES string of the molecule is CNCC(C(=O)[O-])N1CCN(C(C)C(=O)[O-])CCN(C(C)C(=O)[O-])CCN(C(C)C(=O)[O-])CC1.[Gd+3]. The molecule has 0 saturated carbocycles. The van der Waals surface area contributed by atoms with E-state index < -0.39 is 48.0 Å². The minimum Gasteiger partial charge on any atom is -0.548 e. The van der Waals surface area contributed by atoms with Gasteiger partial charge in [-0.3, -0.25) is 19.6 Å². The number of carboxylic acids is 4. The molecule has 0 aromatic heterocycles. The largest absolute Gasteiger partial charge is 3.00 e. The van der Waals surface area contributed by atoms with Crippen molar-refractivity contribution in [2.24, 2.45) is 0 Å². The Morgan fingerprint density at radius 2 is 0.857 bits per heavy atom. The van der Waals surface area contributed by atoms with E-state index in [9.17, 15) is 39.6 Å². The van der Waals surface area contributed by atoms with Gasteiger partial charge in [0, 0.05) is 77.0 Å². The molecule has 4 atom stereocenters.